The molecule has 3 aromatic rings. The molecule has 0 saturated heterocycles. The highest BCUT2D eigenvalue weighted by molar-refractivity contribution is 9.10. The molecule has 0 fully saturated rings. The fourth-order valence-electron chi connectivity index (χ4n) is 2.34. The molecule has 1 aromatic carbocycles. The fraction of sp³-hybridized carbons (Fsp3) is 0.250. The third kappa shape index (κ3) is 4.44. The molecule has 0 bridgehead atoms. The van der Waals surface area contributed by atoms with Gasteiger partial charge in [0.05, 0.1) is 12.1 Å². The van der Waals surface area contributed by atoms with E-state index in [-0.39, 0.29) is 24.8 Å². The molecule has 0 aliphatic carbocycles. The van der Waals surface area contributed by atoms with Crippen molar-refractivity contribution in [1.29, 1.82) is 0 Å². The van der Waals surface area contributed by atoms with Crippen LogP contribution in [0.3, 0.4) is 0 Å². The van der Waals surface area contributed by atoms with Crippen molar-refractivity contribution < 1.29 is 0 Å². The largest absolute Gasteiger partial charge is 0.308 e. The minimum Gasteiger partial charge on any atom is -0.308 e. The zero-order chi connectivity index (χ0) is 14.8. The predicted octanol–water partition coefficient (Wildman–Crippen LogP) is 4.27. The molecule has 7 heteroatoms. The molecule has 124 valence electrons. The Balaban J connectivity index is 0.00000132. The van der Waals surface area contributed by atoms with E-state index in [1.165, 1.54) is 0 Å². The lowest BCUT2D eigenvalue weighted by Gasteiger charge is -2.09. The predicted molar refractivity (Wildman–Crippen MR) is 104 cm³/mol. The molecule has 23 heavy (non-hydrogen) atoms. The Kier molecular flexibility index (Phi) is 7.48. The average Bonchev–Trinajstić information content (AvgIpc) is 2.84. The third-order valence-corrected chi connectivity index (χ3v) is 3.90. The van der Waals surface area contributed by atoms with Gasteiger partial charge in [-0.15, -0.1) is 24.8 Å². The number of aromatic nitrogens is 3. The number of benzene rings is 1. The maximum absolute atomic E-state index is 4.80. The molecule has 0 amide bonds. The lowest BCUT2D eigenvalue weighted by molar-refractivity contribution is 0.377. The topological polar surface area (TPSA) is 34.0 Å². The molecule has 4 nitrogen and oxygen atoms in total. The number of pyridine rings is 1. The minimum absolute atomic E-state index is 0. The van der Waals surface area contributed by atoms with Crippen molar-refractivity contribution in [1.82, 2.24) is 19.7 Å². The maximum Gasteiger partial charge on any atom is 0.102 e. The van der Waals surface area contributed by atoms with Gasteiger partial charge in [-0.05, 0) is 32.3 Å². The van der Waals surface area contributed by atoms with E-state index in [1.54, 1.807) is 0 Å². The van der Waals surface area contributed by atoms with Gasteiger partial charge in [0.1, 0.15) is 5.69 Å². The van der Waals surface area contributed by atoms with Gasteiger partial charge in [0.15, 0.2) is 0 Å². The molecule has 0 atom stereocenters. The van der Waals surface area contributed by atoms with Crippen molar-refractivity contribution in [3.63, 3.8) is 0 Å². The van der Waals surface area contributed by atoms with E-state index in [4.69, 9.17) is 5.10 Å². The van der Waals surface area contributed by atoms with Gasteiger partial charge < -0.3 is 4.90 Å². The van der Waals surface area contributed by atoms with E-state index in [2.05, 4.69) is 56.7 Å². The summed E-state index contributed by atoms with van der Waals surface area (Å²) in [6.07, 6.45) is 3.71. The lowest BCUT2D eigenvalue weighted by atomic mass is 10.1. The Bertz CT molecular complexity index is 774. The van der Waals surface area contributed by atoms with Crippen LogP contribution in [0.25, 0.3) is 22.2 Å². The number of likely N-dealkylation sites (N-methyl/N-ethyl adjacent to an activating group) is 1. The molecule has 0 unspecified atom stereocenters. The summed E-state index contributed by atoms with van der Waals surface area (Å²) in [6.45, 7) is 1.82. The molecule has 3 rings (SSSR count). The Labute approximate surface area is 156 Å². The summed E-state index contributed by atoms with van der Waals surface area (Å²) in [5, 5.41) is 5.89. The summed E-state index contributed by atoms with van der Waals surface area (Å²) in [7, 11) is 4.14. The van der Waals surface area contributed by atoms with Crippen LogP contribution in [0.15, 0.2) is 47.2 Å². The van der Waals surface area contributed by atoms with E-state index in [1.807, 2.05) is 30.6 Å². The third-order valence-electron chi connectivity index (χ3n) is 3.41. The van der Waals surface area contributed by atoms with Gasteiger partial charge in [0.2, 0.25) is 0 Å². The first-order valence-electron chi connectivity index (χ1n) is 6.86. The zero-order valence-electron chi connectivity index (χ0n) is 12.9. The van der Waals surface area contributed by atoms with Gasteiger partial charge in [0, 0.05) is 34.4 Å². The van der Waals surface area contributed by atoms with Crippen LogP contribution >= 0.6 is 40.7 Å². The molecule has 2 aromatic heterocycles. The van der Waals surface area contributed by atoms with Crippen LogP contribution in [0.1, 0.15) is 0 Å². The maximum atomic E-state index is 4.80. The molecular weight excluding hydrogens is 399 g/mol. The van der Waals surface area contributed by atoms with Crippen molar-refractivity contribution in [2.24, 2.45) is 0 Å². The Morgan fingerprint density at radius 3 is 2.65 bits per heavy atom. The van der Waals surface area contributed by atoms with Crippen molar-refractivity contribution in [2.45, 2.75) is 6.54 Å². The van der Waals surface area contributed by atoms with Crippen molar-refractivity contribution in [2.75, 3.05) is 20.6 Å². The highest BCUT2D eigenvalue weighted by Crippen LogP contribution is 2.28. The first-order valence-corrected chi connectivity index (χ1v) is 7.65. The molecule has 0 aliphatic heterocycles. The molecule has 0 N–H and O–H groups in total. The van der Waals surface area contributed by atoms with Gasteiger partial charge in [-0.2, -0.15) is 5.10 Å². The second-order valence-electron chi connectivity index (χ2n) is 5.28. The summed E-state index contributed by atoms with van der Waals surface area (Å²) in [6, 6.07) is 10.2. The van der Waals surface area contributed by atoms with Crippen LogP contribution in [0.2, 0.25) is 0 Å². The highest BCUT2D eigenvalue weighted by atomic mass is 79.9. The monoisotopic (exact) mass is 416 g/mol. The lowest BCUT2D eigenvalue weighted by Crippen LogP contribution is -2.18. The number of nitrogens with zero attached hydrogens (tertiary/aromatic N) is 4. The quantitative estimate of drug-likeness (QED) is 0.635. The Hall–Kier alpha value is -1.14. The first-order chi connectivity index (χ1) is 10.1. The minimum atomic E-state index is 0. The molecule has 0 spiro atoms. The van der Waals surface area contributed by atoms with E-state index in [0.29, 0.717) is 0 Å². The van der Waals surface area contributed by atoms with Crippen molar-refractivity contribution in [3.8, 4) is 11.3 Å². The average molecular weight is 418 g/mol. The molecular formula is C16H19BrCl2N4. The van der Waals surface area contributed by atoms with E-state index >= 15 is 0 Å². The zero-order valence-corrected chi connectivity index (χ0v) is 16.2. The number of fused-ring (bicyclic) bond motifs is 1. The van der Waals surface area contributed by atoms with Crippen LogP contribution in [0.5, 0.6) is 0 Å². The number of rotatable bonds is 4. The smallest absolute Gasteiger partial charge is 0.102 e. The van der Waals surface area contributed by atoms with Gasteiger partial charge in [-0.1, -0.05) is 28.1 Å². The second-order valence-corrected chi connectivity index (χ2v) is 6.19. The first kappa shape index (κ1) is 19.9. The molecule has 2 heterocycles. The van der Waals surface area contributed by atoms with Gasteiger partial charge in [0.25, 0.3) is 0 Å². The van der Waals surface area contributed by atoms with Crippen LogP contribution in [-0.2, 0) is 6.54 Å². The normalized spacial score (nSPS) is 10.4. The van der Waals surface area contributed by atoms with Crippen LogP contribution in [0, 0.1) is 0 Å². The number of halogens is 3. The number of hydrogen-bond acceptors (Lipinski definition) is 3. The summed E-state index contributed by atoms with van der Waals surface area (Å²) >= 11 is 3.52. The molecule has 0 saturated carbocycles. The summed E-state index contributed by atoms with van der Waals surface area (Å²) in [5.41, 5.74) is 3.21. The summed E-state index contributed by atoms with van der Waals surface area (Å²) < 4.78 is 3.12. The van der Waals surface area contributed by atoms with Crippen molar-refractivity contribution in [3.05, 3.63) is 47.2 Å². The Morgan fingerprint density at radius 1 is 1.17 bits per heavy atom. The van der Waals surface area contributed by atoms with Gasteiger partial charge in [-0.25, -0.2) is 0 Å². The van der Waals surface area contributed by atoms with E-state index in [0.717, 1.165) is 39.7 Å². The standard InChI is InChI=1S/C16H17BrN4.2ClH/c1-20(2)8-9-21-15-6-7-18-11-14(15)16(19-21)12-4-3-5-13(17)10-12;;/h3-7,10-11H,8-9H2,1-2H3;2*1H. The van der Waals surface area contributed by atoms with Gasteiger partial charge in [-0.3, -0.25) is 9.67 Å². The SMILES string of the molecule is CN(C)CCn1nc(-c2cccc(Br)c2)c2cnccc21.Cl.Cl. The number of hydrogen-bond donors (Lipinski definition) is 0. The van der Waals surface area contributed by atoms with Crippen LogP contribution in [0.4, 0.5) is 0 Å². The summed E-state index contributed by atoms with van der Waals surface area (Å²) in [4.78, 5) is 6.41. The van der Waals surface area contributed by atoms with Crippen LogP contribution < -0.4 is 0 Å². The highest BCUT2D eigenvalue weighted by Gasteiger charge is 2.12. The van der Waals surface area contributed by atoms with Crippen molar-refractivity contribution >= 4 is 51.6 Å². The van der Waals surface area contributed by atoms with Gasteiger partial charge >= 0.3 is 0 Å². The second kappa shape index (κ2) is 8.64. The molecule has 0 aliphatic rings. The van der Waals surface area contributed by atoms with Crippen LogP contribution in [-0.4, -0.2) is 40.3 Å². The fourth-order valence-corrected chi connectivity index (χ4v) is 2.74. The molecule has 0 radical (unpaired) electrons. The summed E-state index contributed by atoms with van der Waals surface area (Å²) in [5.74, 6) is 0. The van der Waals surface area contributed by atoms with E-state index in [9.17, 15) is 0 Å². The Morgan fingerprint density at radius 2 is 1.96 bits per heavy atom. The van der Waals surface area contributed by atoms with E-state index < -0.39 is 0 Å².